The molecule has 2 aliphatic heterocycles. The number of rotatable bonds is 2. The summed E-state index contributed by atoms with van der Waals surface area (Å²) in [4.78, 5) is 0. The second-order valence-electron chi connectivity index (χ2n) is 4.22. The number of nitrogens with two attached hydrogens (primary N) is 1. The van der Waals surface area contributed by atoms with Crippen LogP contribution in [0.3, 0.4) is 0 Å². The van der Waals surface area contributed by atoms with Crippen molar-refractivity contribution in [1.82, 2.24) is 8.61 Å². The van der Waals surface area contributed by atoms with Crippen LogP contribution in [0.1, 0.15) is 19.3 Å². The van der Waals surface area contributed by atoms with E-state index in [9.17, 15) is 8.42 Å². The van der Waals surface area contributed by atoms with Gasteiger partial charge in [-0.3, -0.25) is 0 Å². The van der Waals surface area contributed by atoms with Gasteiger partial charge in [-0.25, -0.2) is 0 Å². The molecular formula is C9H19N3O3S. The van der Waals surface area contributed by atoms with Crippen molar-refractivity contribution in [3.8, 4) is 0 Å². The Labute approximate surface area is 96.5 Å². The van der Waals surface area contributed by atoms with Gasteiger partial charge in [0.15, 0.2) is 0 Å². The molecule has 0 aliphatic carbocycles. The molecule has 1 atom stereocenters. The molecule has 0 aromatic carbocycles. The fourth-order valence-electron chi connectivity index (χ4n) is 2.14. The zero-order valence-electron chi connectivity index (χ0n) is 9.34. The van der Waals surface area contributed by atoms with E-state index in [1.54, 1.807) is 4.31 Å². The first-order chi connectivity index (χ1) is 7.62. The summed E-state index contributed by atoms with van der Waals surface area (Å²) in [6, 6.07) is 0. The minimum Gasteiger partial charge on any atom is -0.377 e. The average molecular weight is 249 g/mol. The predicted molar refractivity (Wildman–Crippen MR) is 59.8 cm³/mol. The number of piperidine rings is 1. The maximum absolute atomic E-state index is 12.3. The summed E-state index contributed by atoms with van der Waals surface area (Å²) in [5, 5.41) is 0. The van der Waals surface area contributed by atoms with E-state index < -0.39 is 16.4 Å². The third-order valence-electron chi connectivity index (χ3n) is 3.05. The van der Waals surface area contributed by atoms with Gasteiger partial charge in [0, 0.05) is 19.6 Å². The van der Waals surface area contributed by atoms with Crippen molar-refractivity contribution in [3.63, 3.8) is 0 Å². The first-order valence-corrected chi connectivity index (χ1v) is 7.12. The fraction of sp³-hybridized carbons (Fsp3) is 1.00. The molecule has 0 amide bonds. The Kier molecular flexibility index (Phi) is 3.81. The lowest BCUT2D eigenvalue weighted by molar-refractivity contribution is 0.0317. The van der Waals surface area contributed by atoms with Crippen molar-refractivity contribution in [1.29, 1.82) is 0 Å². The molecule has 16 heavy (non-hydrogen) atoms. The first-order valence-electron chi connectivity index (χ1n) is 5.72. The van der Waals surface area contributed by atoms with Gasteiger partial charge >= 0.3 is 0 Å². The van der Waals surface area contributed by atoms with Crippen LogP contribution in [0.5, 0.6) is 0 Å². The third kappa shape index (κ3) is 2.38. The van der Waals surface area contributed by atoms with E-state index in [4.69, 9.17) is 10.5 Å². The smallest absolute Gasteiger partial charge is 0.283 e. The van der Waals surface area contributed by atoms with E-state index in [-0.39, 0.29) is 6.61 Å². The van der Waals surface area contributed by atoms with E-state index in [1.807, 2.05) is 0 Å². The van der Waals surface area contributed by atoms with Crippen molar-refractivity contribution in [2.45, 2.75) is 25.4 Å². The molecule has 2 saturated heterocycles. The van der Waals surface area contributed by atoms with Gasteiger partial charge in [0.1, 0.15) is 0 Å². The number of ether oxygens (including phenoxy) is 1. The van der Waals surface area contributed by atoms with Crippen LogP contribution in [0.25, 0.3) is 0 Å². The number of nitrogens with zero attached hydrogens (tertiary/aromatic N) is 2. The third-order valence-corrected chi connectivity index (χ3v) is 5.12. The molecule has 7 heteroatoms. The predicted octanol–water partition coefficient (Wildman–Crippen LogP) is -0.666. The molecule has 0 bridgehead atoms. The van der Waals surface area contributed by atoms with Gasteiger partial charge in [0.2, 0.25) is 0 Å². The van der Waals surface area contributed by atoms with Crippen LogP contribution in [-0.2, 0) is 14.9 Å². The molecule has 2 aliphatic rings. The van der Waals surface area contributed by atoms with E-state index in [2.05, 4.69) is 0 Å². The van der Waals surface area contributed by atoms with E-state index >= 15 is 0 Å². The van der Waals surface area contributed by atoms with Gasteiger partial charge in [-0.05, 0) is 12.8 Å². The van der Waals surface area contributed by atoms with Gasteiger partial charge in [0.05, 0.1) is 19.4 Å². The SMILES string of the molecule is NC1COCCN1S(=O)(=O)N1CCCCC1. The monoisotopic (exact) mass is 249 g/mol. The lowest BCUT2D eigenvalue weighted by Gasteiger charge is -2.37. The topological polar surface area (TPSA) is 75.9 Å². The highest BCUT2D eigenvalue weighted by molar-refractivity contribution is 7.86. The molecule has 0 aromatic rings. The minimum atomic E-state index is -3.37. The summed E-state index contributed by atoms with van der Waals surface area (Å²) in [5.41, 5.74) is 5.77. The van der Waals surface area contributed by atoms with Crippen LogP contribution in [-0.4, -0.2) is 56.0 Å². The van der Waals surface area contributed by atoms with E-state index in [1.165, 1.54) is 4.31 Å². The molecule has 94 valence electrons. The van der Waals surface area contributed by atoms with Crippen LogP contribution in [0, 0.1) is 0 Å². The maximum atomic E-state index is 12.3. The summed E-state index contributed by atoms with van der Waals surface area (Å²) >= 11 is 0. The lowest BCUT2D eigenvalue weighted by Crippen LogP contribution is -2.57. The van der Waals surface area contributed by atoms with Crippen LogP contribution in [0.15, 0.2) is 0 Å². The number of hydrogen-bond donors (Lipinski definition) is 1. The molecule has 2 fully saturated rings. The minimum absolute atomic E-state index is 0.285. The van der Waals surface area contributed by atoms with Crippen LogP contribution >= 0.6 is 0 Å². The van der Waals surface area contributed by atoms with Gasteiger partial charge in [0.25, 0.3) is 10.2 Å². The second-order valence-corrected chi connectivity index (χ2v) is 6.10. The van der Waals surface area contributed by atoms with Gasteiger partial charge in [-0.1, -0.05) is 6.42 Å². The Morgan fingerprint density at radius 3 is 2.44 bits per heavy atom. The first kappa shape index (κ1) is 12.3. The molecule has 0 saturated carbocycles. The maximum Gasteiger partial charge on any atom is 0.283 e. The zero-order chi connectivity index (χ0) is 11.6. The quantitative estimate of drug-likeness (QED) is 0.704. The highest BCUT2D eigenvalue weighted by Crippen LogP contribution is 2.18. The number of hydrogen-bond acceptors (Lipinski definition) is 4. The lowest BCUT2D eigenvalue weighted by atomic mass is 10.2. The van der Waals surface area contributed by atoms with E-state index in [0.717, 1.165) is 19.3 Å². The molecule has 0 aromatic heterocycles. The number of morpholine rings is 1. The van der Waals surface area contributed by atoms with Crippen molar-refractivity contribution in [3.05, 3.63) is 0 Å². The van der Waals surface area contributed by atoms with E-state index in [0.29, 0.717) is 26.2 Å². The Bertz CT molecular complexity index is 327. The van der Waals surface area contributed by atoms with Crippen molar-refractivity contribution < 1.29 is 13.2 Å². The normalized spacial score (nSPS) is 30.4. The van der Waals surface area contributed by atoms with Gasteiger partial charge in [-0.15, -0.1) is 0 Å². The summed E-state index contributed by atoms with van der Waals surface area (Å²) in [7, 11) is -3.37. The highest BCUT2D eigenvalue weighted by atomic mass is 32.2. The largest absolute Gasteiger partial charge is 0.377 e. The van der Waals surface area contributed by atoms with Crippen molar-refractivity contribution >= 4 is 10.2 Å². The Morgan fingerprint density at radius 2 is 1.81 bits per heavy atom. The zero-order valence-corrected chi connectivity index (χ0v) is 10.2. The van der Waals surface area contributed by atoms with Crippen molar-refractivity contribution in [2.24, 2.45) is 5.73 Å². The standard InChI is InChI=1S/C9H19N3O3S/c10-9-8-15-7-6-12(9)16(13,14)11-4-2-1-3-5-11/h9H,1-8,10H2. The molecule has 0 spiro atoms. The summed E-state index contributed by atoms with van der Waals surface area (Å²) in [6.45, 7) is 2.31. The highest BCUT2D eigenvalue weighted by Gasteiger charge is 2.35. The Balaban J connectivity index is 2.10. The molecule has 2 heterocycles. The Hall–Kier alpha value is -0.210. The summed E-state index contributed by atoms with van der Waals surface area (Å²) in [6.07, 6.45) is 2.46. The molecule has 1 unspecified atom stereocenters. The van der Waals surface area contributed by atoms with Crippen LogP contribution in [0.2, 0.25) is 0 Å². The second kappa shape index (κ2) is 4.97. The van der Waals surface area contributed by atoms with Crippen LogP contribution < -0.4 is 5.73 Å². The van der Waals surface area contributed by atoms with Gasteiger partial charge < -0.3 is 10.5 Å². The van der Waals surface area contributed by atoms with Gasteiger partial charge in [-0.2, -0.15) is 17.0 Å². The molecular weight excluding hydrogens is 230 g/mol. The molecule has 0 radical (unpaired) electrons. The van der Waals surface area contributed by atoms with Crippen molar-refractivity contribution in [2.75, 3.05) is 32.8 Å². The summed E-state index contributed by atoms with van der Waals surface area (Å²) in [5.74, 6) is 0. The van der Waals surface area contributed by atoms with Crippen LogP contribution in [0.4, 0.5) is 0 Å². The fourth-order valence-corrected chi connectivity index (χ4v) is 3.86. The molecule has 2 N–H and O–H groups in total. The summed E-state index contributed by atoms with van der Waals surface area (Å²) < 4.78 is 32.6. The molecule has 6 nitrogen and oxygen atoms in total. The Morgan fingerprint density at radius 1 is 1.12 bits per heavy atom. The average Bonchev–Trinajstić information content (AvgIpc) is 2.30. The molecule has 2 rings (SSSR count).